The summed E-state index contributed by atoms with van der Waals surface area (Å²) in [6, 6.07) is 3.46. The molecule has 4 nitrogen and oxygen atoms in total. The van der Waals surface area contributed by atoms with Gasteiger partial charge in [0.15, 0.2) is 0 Å². The van der Waals surface area contributed by atoms with Gasteiger partial charge in [0, 0.05) is 7.05 Å². The monoisotopic (exact) mass is 273 g/mol. The SMILES string of the molecule is CCOC(=O)CN(C)C(=O)c1ccc(F)cc1Cl. The van der Waals surface area contributed by atoms with E-state index in [-0.39, 0.29) is 23.7 Å². The summed E-state index contributed by atoms with van der Waals surface area (Å²) in [7, 11) is 1.44. The van der Waals surface area contributed by atoms with Gasteiger partial charge in [-0.05, 0) is 25.1 Å². The molecule has 98 valence electrons. The first-order valence-corrected chi connectivity index (χ1v) is 5.69. The molecule has 0 atom stereocenters. The van der Waals surface area contributed by atoms with E-state index in [1.807, 2.05) is 0 Å². The summed E-state index contributed by atoms with van der Waals surface area (Å²) in [6.45, 7) is 1.75. The lowest BCUT2D eigenvalue weighted by molar-refractivity contribution is -0.143. The zero-order valence-corrected chi connectivity index (χ0v) is 10.8. The van der Waals surface area contributed by atoms with Crippen molar-refractivity contribution in [1.29, 1.82) is 0 Å². The Labute approximate surface area is 109 Å². The third-order valence-corrected chi connectivity index (χ3v) is 2.49. The Morgan fingerprint density at radius 3 is 2.67 bits per heavy atom. The maximum absolute atomic E-state index is 12.8. The second-order valence-electron chi connectivity index (χ2n) is 3.59. The Bertz CT molecular complexity index is 465. The number of rotatable bonds is 4. The molecule has 0 bridgehead atoms. The molecule has 0 aliphatic heterocycles. The van der Waals surface area contributed by atoms with Crippen LogP contribution in [0.25, 0.3) is 0 Å². The molecular weight excluding hydrogens is 261 g/mol. The van der Waals surface area contributed by atoms with Crippen LogP contribution in [0.2, 0.25) is 5.02 Å². The number of esters is 1. The first-order chi connectivity index (χ1) is 8.45. The largest absolute Gasteiger partial charge is 0.465 e. The number of carbonyl (C=O) groups excluding carboxylic acids is 2. The topological polar surface area (TPSA) is 46.6 Å². The summed E-state index contributed by atoms with van der Waals surface area (Å²) in [4.78, 5) is 24.3. The first-order valence-electron chi connectivity index (χ1n) is 5.31. The van der Waals surface area contributed by atoms with Crippen LogP contribution in [0.4, 0.5) is 4.39 Å². The lowest BCUT2D eigenvalue weighted by Crippen LogP contribution is -2.33. The molecule has 0 saturated heterocycles. The second-order valence-corrected chi connectivity index (χ2v) is 4.00. The van der Waals surface area contributed by atoms with Crippen molar-refractivity contribution >= 4 is 23.5 Å². The van der Waals surface area contributed by atoms with Gasteiger partial charge < -0.3 is 9.64 Å². The van der Waals surface area contributed by atoms with Gasteiger partial charge in [0.25, 0.3) is 5.91 Å². The smallest absolute Gasteiger partial charge is 0.325 e. The molecule has 0 saturated carbocycles. The van der Waals surface area contributed by atoms with Crippen molar-refractivity contribution < 1.29 is 18.7 Å². The molecule has 6 heteroatoms. The molecule has 0 radical (unpaired) electrons. The Hall–Kier alpha value is -1.62. The Morgan fingerprint density at radius 1 is 1.44 bits per heavy atom. The van der Waals surface area contributed by atoms with Crippen LogP contribution in [0.15, 0.2) is 18.2 Å². The van der Waals surface area contributed by atoms with Gasteiger partial charge in [-0.2, -0.15) is 0 Å². The van der Waals surface area contributed by atoms with E-state index in [4.69, 9.17) is 16.3 Å². The van der Waals surface area contributed by atoms with Crippen LogP contribution in [0.3, 0.4) is 0 Å². The summed E-state index contributed by atoms with van der Waals surface area (Å²) in [5, 5.41) is 0.00992. The molecule has 0 aliphatic carbocycles. The van der Waals surface area contributed by atoms with Crippen LogP contribution < -0.4 is 0 Å². The fraction of sp³-hybridized carbons (Fsp3) is 0.333. The van der Waals surface area contributed by atoms with Gasteiger partial charge in [0.1, 0.15) is 12.4 Å². The van der Waals surface area contributed by atoms with Crippen LogP contribution in [0.1, 0.15) is 17.3 Å². The van der Waals surface area contributed by atoms with Crippen molar-refractivity contribution in [3.05, 3.63) is 34.6 Å². The van der Waals surface area contributed by atoms with E-state index in [1.165, 1.54) is 13.1 Å². The van der Waals surface area contributed by atoms with Crippen molar-refractivity contribution in [2.75, 3.05) is 20.2 Å². The molecule has 18 heavy (non-hydrogen) atoms. The standard InChI is InChI=1S/C12H13ClFNO3/c1-3-18-11(16)7-15(2)12(17)9-5-4-8(14)6-10(9)13/h4-6H,3,7H2,1-2H3. The summed E-state index contributed by atoms with van der Waals surface area (Å²) in [6.07, 6.45) is 0. The number of benzene rings is 1. The molecule has 1 aromatic carbocycles. The van der Waals surface area contributed by atoms with Gasteiger partial charge in [-0.25, -0.2) is 4.39 Å². The molecule has 0 heterocycles. The summed E-state index contributed by atoms with van der Waals surface area (Å²) >= 11 is 5.76. The van der Waals surface area contributed by atoms with Gasteiger partial charge >= 0.3 is 5.97 Å². The molecule has 0 spiro atoms. The minimum Gasteiger partial charge on any atom is -0.465 e. The quantitative estimate of drug-likeness (QED) is 0.790. The Morgan fingerprint density at radius 2 is 2.11 bits per heavy atom. The van der Waals surface area contributed by atoms with Crippen LogP contribution in [-0.2, 0) is 9.53 Å². The summed E-state index contributed by atoms with van der Waals surface area (Å²) in [5.41, 5.74) is 0.143. The molecule has 0 N–H and O–H groups in total. The number of likely N-dealkylation sites (N-methyl/N-ethyl adjacent to an activating group) is 1. The number of nitrogens with zero attached hydrogens (tertiary/aromatic N) is 1. The Kier molecular flexibility index (Phi) is 5.09. The molecule has 0 aromatic heterocycles. The Balaban J connectivity index is 2.77. The van der Waals surface area contributed by atoms with E-state index in [9.17, 15) is 14.0 Å². The van der Waals surface area contributed by atoms with E-state index in [0.717, 1.165) is 17.0 Å². The van der Waals surface area contributed by atoms with Crippen molar-refractivity contribution in [3.63, 3.8) is 0 Å². The molecule has 0 unspecified atom stereocenters. The minimum atomic E-state index is -0.524. The van der Waals surface area contributed by atoms with E-state index in [1.54, 1.807) is 6.92 Å². The molecule has 1 amide bonds. The summed E-state index contributed by atoms with van der Waals surface area (Å²) < 4.78 is 17.6. The second kappa shape index (κ2) is 6.35. The van der Waals surface area contributed by atoms with Gasteiger partial charge in [0.2, 0.25) is 0 Å². The highest BCUT2D eigenvalue weighted by atomic mass is 35.5. The number of carbonyl (C=O) groups is 2. The van der Waals surface area contributed by atoms with Gasteiger partial charge in [0.05, 0.1) is 17.2 Å². The van der Waals surface area contributed by atoms with Crippen LogP contribution in [0.5, 0.6) is 0 Å². The molecular formula is C12H13ClFNO3. The van der Waals surface area contributed by atoms with E-state index < -0.39 is 17.7 Å². The predicted molar refractivity (Wildman–Crippen MR) is 65.0 cm³/mol. The normalized spacial score (nSPS) is 10.0. The van der Waals surface area contributed by atoms with Gasteiger partial charge in [-0.15, -0.1) is 0 Å². The van der Waals surface area contributed by atoms with Crippen molar-refractivity contribution in [2.24, 2.45) is 0 Å². The van der Waals surface area contributed by atoms with Gasteiger partial charge in [-0.3, -0.25) is 9.59 Å². The van der Waals surface area contributed by atoms with Crippen LogP contribution in [0, 0.1) is 5.82 Å². The van der Waals surface area contributed by atoms with Crippen LogP contribution >= 0.6 is 11.6 Å². The highest BCUT2D eigenvalue weighted by Crippen LogP contribution is 2.18. The average molecular weight is 274 g/mol. The van der Waals surface area contributed by atoms with Crippen molar-refractivity contribution in [2.45, 2.75) is 6.92 Å². The molecule has 1 rings (SSSR count). The highest BCUT2D eigenvalue weighted by molar-refractivity contribution is 6.33. The zero-order chi connectivity index (χ0) is 13.7. The molecule has 0 fully saturated rings. The fourth-order valence-corrected chi connectivity index (χ4v) is 1.59. The lowest BCUT2D eigenvalue weighted by atomic mass is 10.2. The number of hydrogen-bond donors (Lipinski definition) is 0. The predicted octanol–water partition coefficient (Wildman–Crippen LogP) is 2.11. The highest BCUT2D eigenvalue weighted by Gasteiger charge is 2.18. The summed E-state index contributed by atoms with van der Waals surface area (Å²) in [5.74, 6) is -1.50. The van der Waals surface area contributed by atoms with E-state index in [2.05, 4.69) is 0 Å². The number of ether oxygens (including phenoxy) is 1. The maximum Gasteiger partial charge on any atom is 0.325 e. The van der Waals surface area contributed by atoms with Crippen LogP contribution in [-0.4, -0.2) is 37.0 Å². The number of hydrogen-bond acceptors (Lipinski definition) is 3. The maximum atomic E-state index is 12.8. The molecule has 0 aliphatic rings. The first kappa shape index (κ1) is 14.4. The minimum absolute atomic E-state index is 0.00992. The van der Waals surface area contributed by atoms with E-state index in [0.29, 0.717) is 0 Å². The third-order valence-electron chi connectivity index (χ3n) is 2.18. The average Bonchev–Trinajstić information content (AvgIpc) is 2.28. The number of amides is 1. The lowest BCUT2D eigenvalue weighted by Gasteiger charge is -2.16. The number of halogens is 2. The van der Waals surface area contributed by atoms with Crippen molar-refractivity contribution in [3.8, 4) is 0 Å². The molecule has 1 aromatic rings. The third kappa shape index (κ3) is 3.70. The fourth-order valence-electron chi connectivity index (χ4n) is 1.34. The van der Waals surface area contributed by atoms with Crippen molar-refractivity contribution in [1.82, 2.24) is 4.90 Å². The van der Waals surface area contributed by atoms with E-state index >= 15 is 0 Å². The van der Waals surface area contributed by atoms with Gasteiger partial charge in [-0.1, -0.05) is 11.6 Å². The zero-order valence-electron chi connectivity index (χ0n) is 10.1.